The second-order valence-electron chi connectivity index (χ2n) is 8.25. The molecule has 0 bridgehead atoms. The fourth-order valence-electron chi connectivity index (χ4n) is 3.54. The number of unbranched alkanes of at least 4 members (excludes halogenated alkanes) is 3. The van der Waals surface area contributed by atoms with Crippen molar-refractivity contribution in [1.29, 1.82) is 0 Å². The van der Waals surface area contributed by atoms with E-state index < -0.39 is 0 Å². The van der Waals surface area contributed by atoms with E-state index in [2.05, 4.69) is 0 Å². The zero-order chi connectivity index (χ0) is 23.3. The fraction of sp³-hybridized carbons (Fsp3) is 0.310. The van der Waals surface area contributed by atoms with Crippen LogP contribution in [0.25, 0.3) is 0 Å². The summed E-state index contributed by atoms with van der Waals surface area (Å²) < 4.78 is 12.1. The first kappa shape index (κ1) is 24.2. The lowest BCUT2D eigenvalue weighted by molar-refractivity contribution is -0.117. The summed E-state index contributed by atoms with van der Waals surface area (Å²) in [6.45, 7) is 2.45. The van der Waals surface area contributed by atoms with Crippen LogP contribution in [0.3, 0.4) is 0 Å². The van der Waals surface area contributed by atoms with Gasteiger partial charge in [-0.15, -0.1) is 0 Å². The monoisotopic (exact) mass is 444 g/mol. The highest BCUT2D eigenvalue weighted by Crippen LogP contribution is 2.31. The number of ketones is 2. The molecule has 0 N–H and O–H groups in total. The largest absolute Gasteiger partial charge is 0.485 e. The van der Waals surface area contributed by atoms with Gasteiger partial charge < -0.3 is 14.3 Å². The fourth-order valence-corrected chi connectivity index (χ4v) is 3.54. The number of benzene rings is 3. The number of carbonyl (C=O) groups excluding carboxylic acids is 2. The topological polar surface area (TPSA) is 52.6 Å². The predicted molar refractivity (Wildman–Crippen MR) is 131 cm³/mol. The Morgan fingerprint density at radius 1 is 0.636 bits per heavy atom. The van der Waals surface area contributed by atoms with Gasteiger partial charge in [-0.2, -0.15) is 0 Å². The maximum Gasteiger partial charge on any atom is 0.163 e. The van der Waals surface area contributed by atoms with E-state index in [4.69, 9.17) is 9.47 Å². The molecular weight excluding hydrogens is 412 g/mol. The van der Waals surface area contributed by atoms with Crippen LogP contribution in [0.1, 0.15) is 66.9 Å². The van der Waals surface area contributed by atoms with Gasteiger partial charge in [-0.3, -0.25) is 4.79 Å². The Labute approximate surface area is 196 Å². The Hall–Kier alpha value is -3.40. The molecule has 0 radical (unpaired) electrons. The van der Waals surface area contributed by atoms with Crippen molar-refractivity contribution in [3.8, 4) is 11.5 Å². The van der Waals surface area contributed by atoms with Gasteiger partial charge in [0.1, 0.15) is 19.0 Å². The van der Waals surface area contributed by atoms with E-state index in [0.29, 0.717) is 43.1 Å². The predicted octanol–water partition coefficient (Wildman–Crippen LogP) is 6.96. The minimum atomic E-state index is 0.0979. The molecule has 0 aliphatic heterocycles. The summed E-state index contributed by atoms with van der Waals surface area (Å²) >= 11 is 0. The Bertz CT molecular complexity index is 1010. The van der Waals surface area contributed by atoms with Gasteiger partial charge in [0, 0.05) is 18.4 Å². The number of Topliss-reactive ketones (excluding diaryl/α,β-unsaturated/α-hetero) is 2. The van der Waals surface area contributed by atoms with E-state index in [1.54, 1.807) is 13.0 Å². The zero-order valence-corrected chi connectivity index (χ0v) is 19.3. The first-order valence-electron chi connectivity index (χ1n) is 11.6. The van der Waals surface area contributed by atoms with Crippen LogP contribution in [0.2, 0.25) is 0 Å². The highest BCUT2D eigenvalue weighted by Gasteiger charge is 2.13. The third kappa shape index (κ3) is 8.57. The van der Waals surface area contributed by atoms with Crippen molar-refractivity contribution in [3.05, 3.63) is 95.6 Å². The molecule has 3 aromatic rings. The lowest BCUT2D eigenvalue weighted by Crippen LogP contribution is -2.04. The van der Waals surface area contributed by atoms with Gasteiger partial charge in [-0.25, -0.2) is 0 Å². The van der Waals surface area contributed by atoms with Gasteiger partial charge in [-0.05, 0) is 49.1 Å². The SMILES string of the molecule is CC(=O)CCCCCCC(=O)c1ccc(OCc2ccccc2)c(OCc2ccccc2)c1. The zero-order valence-electron chi connectivity index (χ0n) is 19.3. The molecule has 0 aliphatic rings. The number of hydrogen-bond acceptors (Lipinski definition) is 4. The van der Waals surface area contributed by atoms with Gasteiger partial charge in [-0.1, -0.05) is 73.5 Å². The molecule has 172 valence electrons. The number of ether oxygens (including phenoxy) is 2. The third-order valence-electron chi connectivity index (χ3n) is 5.42. The molecule has 0 aromatic heterocycles. The second-order valence-corrected chi connectivity index (χ2v) is 8.25. The standard InChI is InChI=1S/C29H32O4/c1-23(30)12-6-2-3-11-17-27(31)26-18-19-28(32-21-24-13-7-4-8-14-24)29(20-26)33-22-25-15-9-5-10-16-25/h4-5,7-10,13-16,18-20H,2-3,6,11-12,17,21-22H2,1H3. The summed E-state index contributed by atoms with van der Waals surface area (Å²) in [5, 5.41) is 0. The van der Waals surface area contributed by atoms with Gasteiger partial charge in [0.25, 0.3) is 0 Å². The van der Waals surface area contributed by atoms with Crippen molar-refractivity contribution in [2.24, 2.45) is 0 Å². The van der Waals surface area contributed by atoms with Crippen LogP contribution in [0.15, 0.2) is 78.9 Å². The van der Waals surface area contributed by atoms with Gasteiger partial charge in [0.2, 0.25) is 0 Å². The number of rotatable bonds is 14. The normalized spacial score (nSPS) is 10.6. The van der Waals surface area contributed by atoms with Crippen molar-refractivity contribution >= 4 is 11.6 Å². The van der Waals surface area contributed by atoms with Crippen molar-refractivity contribution < 1.29 is 19.1 Å². The average Bonchev–Trinajstić information content (AvgIpc) is 2.84. The van der Waals surface area contributed by atoms with Crippen LogP contribution in [0.4, 0.5) is 0 Å². The first-order chi connectivity index (χ1) is 16.1. The van der Waals surface area contributed by atoms with E-state index in [1.165, 1.54) is 0 Å². The molecule has 0 aliphatic carbocycles. The second kappa shape index (κ2) is 13.2. The van der Waals surface area contributed by atoms with Gasteiger partial charge in [0.05, 0.1) is 0 Å². The van der Waals surface area contributed by atoms with Crippen LogP contribution < -0.4 is 9.47 Å². The minimum absolute atomic E-state index is 0.0979. The van der Waals surface area contributed by atoms with Crippen LogP contribution in [0.5, 0.6) is 11.5 Å². The third-order valence-corrected chi connectivity index (χ3v) is 5.42. The Morgan fingerprint density at radius 3 is 1.76 bits per heavy atom. The quantitative estimate of drug-likeness (QED) is 0.199. The molecule has 0 unspecified atom stereocenters. The van der Waals surface area contributed by atoms with E-state index >= 15 is 0 Å². The summed E-state index contributed by atoms with van der Waals surface area (Å²) in [6, 6.07) is 25.3. The maximum atomic E-state index is 12.8. The Balaban J connectivity index is 1.63. The van der Waals surface area contributed by atoms with E-state index in [-0.39, 0.29) is 11.6 Å². The molecule has 3 rings (SSSR count). The van der Waals surface area contributed by atoms with Crippen molar-refractivity contribution in [1.82, 2.24) is 0 Å². The van der Waals surface area contributed by atoms with Crippen LogP contribution in [-0.2, 0) is 18.0 Å². The summed E-state index contributed by atoms with van der Waals surface area (Å²) in [5.41, 5.74) is 2.75. The lowest BCUT2D eigenvalue weighted by atomic mass is 10.0. The molecule has 0 saturated carbocycles. The summed E-state index contributed by atoms with van der Waals surface area (Å²) in [4.78, 5) is 23.8. The van der Waals surface area contributed by atoms with Crippen molar-refractivity contribution in [2.75, 3.05) is 0 Å². The van der Waals surface area contributed by atoms with Gasteiger partial charge in [0.15, 0.2) is 17.3 Å². The minimum Gasteiger partial charge on any atom is -0.485 e. The average molecular weight is 445 g/mol. The van der Waals surface area contributed by atoms with E-state index in [1.807, 2.05) is 72.8 Å². The molecule has 0 spiro atoms. The molecule has 3 aromatic carbocycles. The number of hydrogen-bond donors (Lipinski definition) is 0. The molecule has 0 amide bonds. The lowest BCUT2D eigenvalue weighted by Gasteiger charge is -2.14. The molecular formula is C29H32O4. The van der Waals surface area contributed by atoms with E-state index in [9.17, 15) is 9.59 Å². The van der Waals surface area contributed by atoms with E-state index in [0.717, 1.165) is 36.8 Å². The smallest absolute Gasteiger partial charge is 0.163 e. The summed E-state index contributed by atoms with van der Waals surface area (Å²) in [5.74, 6) is 1.52. The van der Waals surface area contributed by atoms with Crippen LogP contribution in [-0.4, -0.2) is 11.6 Å². The molecule has 0 fully saturated rings. The van der Waals surface area contributed by atoms with Crippen molar-refractivity contribution in [2.45, 2.75) is 58.7 Å². The van der Waals surface area contributed by atoms with Crippen molar-refractivity contribution in [3.63, 3.8) is 0 Å². The molecule has 4 heteroatoms. The molecule has 4 nitrogen and oxygen atoms in total. The molecule has 0 saturated heterocycles. The first-order valence-corrected chi connectivity index (χ1v) is 11.6. The maximum absolute atomic E-state index is 12.8. The Morgan fingerprint density at radius 2 is 1.18 bits per heavy atom. The van der Waals surface area contributed by atoms with Crippen LogP contribution in [0, 0.1) is 0 Å². The number of carbonyl (C=O) groups is 2. The highest BCUT2D eigenvalue weighted by molar-refractivity contribution is 5.96. The highest BCUT2D eigenvalue weighted by atomic mass is 16.5. The molecule has 0 atom stereocenters. The summed E-state index contributed by atoms with van der Waals surface area (Å²) in [6.07, 6.45) is 4.76. The van der Waals surface area contributed by atoms with Crippen LogP contribution >= 0.6 is 0 Å². The molecule has 33 heavy (non-hydrogen) atoms. The Kier molecular flexibility index (Phi) is 9.71. The summed E-state index contributed by atoms with van der Waals surface area (Å²) in [7, 11) is 0. The van der Waals surface area contributed by atoms with Gasteiger partial charge >= 0.3 is 0 Å². The molecule has 0 heterocycles.